The molecular weight excluding hydrogens is 226 g/mol. The van der Waals surface area contributed by atoms with Crippen LogP contribution in [0.25, 0.3) is 0 Å². The van der Waals surface area contributed by atoms with Crippen molar-refractivity contribution in [1.82, 2.24) is 0 Å². The maximum absolute atomic E-state index is 10.5. The van der Waals surface area contributed by atoms with Crippen LogP contribution < -0.4 is 4.72 Å². The molecule has 8 nitrogen and oxygen atoms in total. The van der Waals surface area contributed by atoms with Gasteiger partial charge >= 0.3 is 0 Å². The molecule has 0 bridgehead atoms. The highest BCUT2D eigenvalue weighted by atomic mass is 32.2. The lowest BCUT2D eigenvalue weighted by atomic mass is 10.2. The first kappa shape index (κ1) is 11.2. The molecular formula is C6H5N3O5S. The summed E-state index contributed by atoms with van der Waals surface area (Å²) in [6, 6.07) is 3.07. The predicted octanol–water partition coefficient (Wildman–Crippen LogP) is 2.04. The van der Waals surface area contributed by atoms with Crippen LogP contribution in [0.5, 0.6) is 0 Å². The Labute approximate surface area is 87.5 Å². The molecule has 0 atom stereocenters. The van der Waals surface area contributed by atoms with E-state index in [0.29, 0.717) is 0 Å². The number of non-ortho nitro benzene ring substituents is 1. The van der Waals surface area contributed by atoms with Crippen molar-refractivity contribution < 1.29 is 14.4 Å². The zero-order chi connectivity index (χ0) is 11.4. The summed E-state index contributed by atoms with van der Waals surface area (Å²) in [7, 11) is 0. The van der Waals surface area contributed by atoms with Crippen molar-refractivity contribution in [3.05, 3.63) is 38.4 Å². The van der Waals surface area contributed by atoms with E-state index in [1.807, 2.05) is 0 Å². The Morgan fingerprint density at radius 1 is 1.27 bits per heavy atom. The fourth-order valence-corrected chi connectivity index (χ4v) is 1.19. The average molecular weight is 231 g/mol. The lowest BCUT2D eigenvalue weighted by molar-refractivity contribution is -0.393. The highest BCUT2D eigenvalue weighted by Gasteiger charge is 2.19. The van der Waals surface area contributed by atoms with E-state index in [0.717, 1.165) is 18.2 Å². The molecule has 0 saturated carbocycles. The number of nitrogens with one attached hydrogen (secondary N) is 1. The number of nitro benzene ring substituents is 2. The van der Waals surface area contributed by atoms with Crippen LogP contribution in [0.15, 0.2) is 18.2 Å². The van der Waals surface area contributed by atoms with Gasteiger partial charge in [-0.25, -0.2) is 0 Å². The molecule has 0 unspecified atom stereocenters. The molecule has 80 valence electrons. The van der Waals surface area contributed by atoms with Gasteiger partial charge in [0.25, 0.3) is 11.4 Å². The third kappa shape index (κ3) is 2.54. The summed E-state index contributed by atoms with van der Waals surface area (Å²) in [4.78, 5) is 19.4. The van der Waals surface area contributed by atoms with E-state index in [2.05, 4.69) is 4.72 Å². The lowest BCUT2D eigenvalue weighted by Crippen LogP contribution is -1.97. The third-order valence-electron chi connectivity index (χ3n) is 1.54. The maximum atomic E-state index is 10.5. The molecule has 0 aliphatic heterocycles. The highest BCUT2D eigenvalue weighted by Crippen LogP contribution is 2.29. The molecule has 0 radical (unpaired) electrons. The van der Waals surface area contributed by atoms with Crippen LogP contribution in [-0.4, -0.2) is 14.4 Å². The predicted molar refractivity (Wildman–Crippen MR) is 53.6 cm³/mol. The number of nitro groups is 2. The fraction of sp³-hybridized carbons (Fsp3) is 0. The molecule has 2 N–H and O–H groups in total. The standard InChI is InChI=1S/C6H5N3O5S/c10-8(11)4-1-2-5(7-15-14)6(3-4)9(12)13/h1-3,7,14H. The molecule has 0 heterocycles. The molecule has 0 amide bonds. The molecule has 1 aromatic carbocycles. The second-order valence-electron chi connectivity index (χ2n) is 2.41. The van der Waals surface area contributed by atoms with Crippen LogP contribution in [0.4, 0.5) is 17.1 Å². The maximum Gasteiger partial charge on any atom is 0.300 e. The minimum atomic E-state index is -0.772. The average Bonchev–Trinajstić information content (AvgIpc) is 2.18. The quantitative estimate of drug-likeness (QED) is 0.352. The highest BCUT2D eigenvalue weighted by molar-refractivity contribution is 7.95. The van der Waals surface area contributed by atoms with Crippen LogP contribution >= 0.6 is 12.2 Å². The van der Waals surface area contributed by atoms with Gasteiger partial charge in [0.05, 0.1) is 15.9 Å². The summed E-state index contributed by atoms with van der Waals surface area (Å²) in [5, 5.41) is 20.9. The Kier molecular flexibility index (Phi) is 3.42. The number of anilines is 1. The summed E-state index contributed by atoms with van der Waals surface area (Å²) in [5.74, 6) is 0. The Hall–Kier alpha value is -1.87. The van der Waals surface area contributed by atoms with Crippen molar-refractivity contribution >= 4 is 29.3 Å². The first-order valence-electron chi connectivity index (χ1n) is 3.55. The third-order valence-corrected chi connectivity index (χ3v) is 1.86. The zero-order valence-corrected chi connectivity index (χ0v) is 7.93. The van der Waals surface area contributed by atoms with Crippen molar-refractivity contribution in [2.75, 3.05) is 4.72 Å². The minimum absolute atomic E-state index is 0.00176. The topological polar surface area (TPSA) is 119 Å². The summed E-state index contributed by atoms with van der Waals surface area (Å²) in [6.07, 6.45) is 0. The number of nitrogens with zero attached hydrogens (tertiary/aromatic N) is 2. The van der Waals surface area contributed by atoms with Crippen molar-refractivity contribution in [3.63, 3.8) is 0 Å². The lowest BCUT2D eigenvalue weighted by Gasteiger charge is -2.01. The first-order chi connectivity index (χ1) is 7.06. The Morgan fingerprint density at radius 2 is 1.93 bits per heavy atom. The van der Waals surface area contributed by atoms with Gasteiger partial charge < -0.3 is 9.27 Å². The van der Waals surface area contributed by atoms with E-state index in [9.17, 15) is 20.2 Å². The molecule has 1 aromatic rings. The second-order valence-corrected chi connectivity index (χ2v) is 2.80. The van der Waals surface area contributed by atoms with Gasteiger partial charge in [-0.15, -0.1) is 0 Å². The Balaban J connectivity index is 3.20. The van der Waals surface area contributed by atoms with Gasteiger partial charge in [-0.1, -0.05) is 0 Å². The van der Waals surface area contributed by atoms with Crippen molar-refractivity contribution in [1.29, 1.82) is 0 Å². The summed E-state index contributed by atoms with van der Waals surface area (Å²) in [5.41, 5.74) is -0.848. The zero-order valence-electron chi connectivity index (χ0n) is 7.11. The Bertz CT molecular complexity index is 410. The molecule has 15 heavy (non-hydrogen) atoms. The monoisotopic (exact) mass is 231 g/mol. The molecule has 1 rings (SSSR count). The molecule has 9 heteroatoms. The van der Waals surface area contributed by atoms with Gasteiger partial charge in [-0.05, 0) is 6.07 Å². The summed E-state index contributed by atoms with van der Waals surface area (Å²) >= 11 is 0.176. The van der Waals surface area contributed by atoms with Crippen LogP contribution in [0.3, 0.4) is 0 Å². The van der Waals surface area contributed by atoms with Crippen LogP contribution in [0.1, 0.15) is 0 Å². The Morgan fingerprint density at radius 3 is 2.40 bits per heavy atom. The number of rotatable bonds is 4. The molecule has 0 spiro atoms. The van der Waals surface area contributed by atoms with E-state index < -0.39 is 15.5 Å². The van der Waals surface area contributed by atoms with Crippen molar-refractivity contribution in [3.8, 4) is 0 Å². The van der Waals surface area contributed by atoms with Gasteiger partial charge in [0, 0.05) is 6.07 Å². The van der Waals surface area contributed by atoms with E-state index in [1.54, 1.807) is 0 Å². The van der Waals surface area contributed by atoms with Crippen molar-refractivity contribution in [2.24, 2.45) is 0 Å². The van der Waals surface area contributed by atoms with Gasteiger partial charge in [-0.2, -0.15) is 0 Å². The largest absolute Gasteiger partial charge is 0.312 e. The normalized spacial score (nSPS) is 9.67. The van der Waals surface area contributed by atoms with E-state index in [-0.39, 0.29) is 23.6 Å². The van der Waals surface area contributed by atoms with E-state index in [1.165, 1.54) is 0 Å². The van der Waals surface area contributed by atoms with Crippen LogP contribution in [0.2, 0.25) is 0 Å². The van der Waals surface area contributed by atoms with Crippen molar-refractivity contribution in [2.45, 2.75) is 0 Å². The molecule has 0 aliphatic rings. The first-order valence-corrected chi connectivity index (χ1v) is 4.33. The van der Waals surface area contributed by atoms with E-state index in [4.69, 9.17) is 4.55 Å². The van der Waals surface area contributed by atoms with Crippen LogP contribution in [0, 0.1) is 20.2 Å². The van der Waals surface area contributed by atoms with Crippen LogP contribution in [-0.2, 0) is 0 Å². The fourth-order valence-electron chi connectivity index (χ4n) is 0.920. The number of hydrogen-bond acceptors (Lipinski definition) is 7. The van der Waals surface area contributed by atoms with E-state index >= 15 is 0 Å². The molecule has 0 aliphatic carbocycles. The van der Waals surface area contributed by atoms with Gasteiger partial charge in [-0.3, -0.25) is 20.2 Å². The SMILES string of the molecule is O=[N+]([O-])c1ccc(NSO)c([N+](=O)[O-])c1. The molecule has 0 fully saturated rings. The summed E-state index contributed by atoms with van der Waals surface area (Å²) < 4.78 is 10.7. The summed E-state index contributed by atoms with van der Waals surface area (Å²) in [6.45, 7) is 0. The second kappa shape index (κ2) is 4.57. The minimum Gasteiger partial charge on any atom is -0.312 e. The molecule has 0 aromatic heterocycles. The number of benzene rings is 1. The molecule has 0 saturated heterocycles. The number of hydrogen-bond donors (Lipinski definition) is 2. The van der Waals surface area contributed by atoms with Gasteiger partial charge in [0.2, 0.25) is 0 Å². The van der Waals surface area contributed by atoms with Gasteiger partial charge in [0.15, 0.2) is 0 Å². The van der Waals surface area contributed by atoms with Gasteiger partial charge in [0.1, 0.15) is 17.9 Å². The smallest absolute Gasteiger partial charge is 0.300 e.